The van der Waals surface area contributed by atoms with Gasteiger partial charge in [0.15, 0.2) is 0 Å². The molecule has 4 rings (SSSR count). The van der Waals surface area contributed by atoms with Crippen molar-refractivity contribution >= 4 is 5.78 Å². The standard InChI is InChI=1S/C25H29N3O2/c1-27-23(19-26-25(27)30-18-8-17-28-15-6-3-7-16-28)24(29)22-13-11-21(12-14-22)20-9-4-2-5-10-20/h2,4-5,9-14,19H,3,6-8,15-18H2,1H3. The summed E-state index contributed by atoms with van der Waals surface area (Å²) in [6.07, 6.45) is 6.53. The molecule has 156 valence electrons. The van der Waals surface area contributed by atoms with Crippen LogP contribution in [-0.2, 0) is 7.05 Å². The molecular formula is C25H29N3O2. The van der Waals surface area contributed by atoms with Crippen LogP contribution in [0.4, 0.5) is 0 Å². The number of carbonyl (C=O) groups excluding carboxylic acids is 1. The van der Waals surface area contributed by atoms with Gasteiger partial charge >= 0.3 is 0 Å². The van der Waals surface area contributed by atoms with E-state index in [0.29, 0.717) is 23.9 Å². The third-order valence-electron chi connectivity index (χ3n) is 5.73. The number of hydrogen-bond acceptors (Lipinski definition) is 4. The van der Waals surface area contributed by atoms with Crippen molar-refractivity contribution in [2.24, 2.45) is 7.05 Å². The lowest BCUT2D eigenvalue weighted by Crippen LogP contribution is -2.31. The van der Waals surface area contributed by atoms with Gasteiger partial charge in [-0.2, -0.15) is 0 Å². The van der Waals surface area contributed by atoms with Crippen LogP contribution in [0.3, 0.4) is 0 Å². The molecule has 0 amide bonds. The molecule has 2 heterocycles. The molecule has 0 aliphatic carbocycles. The molecule has 1 saturated heterocycles. The summed E-state index contributed by atoms with van der Waals surface area (Å²) >= 11 is 0. The Morgan fingerprint density at radius 3 is 2.40 bits per heavy atom. The molecule has 1 aliphatic rings. The van der Waals surface area contributed by atoms with Crippen molar-refractivity contribution in [3.63, 3.8) is 0 Å². The minimum atomic E-state index is -0.0484. The molecule has 2 aromatic carbocycles. The van der Waals surface area contributed by atoms with Crippen LogP contribution in [-0.4, -0.2) is 46.5 Å². The van der Waals surface area contributed by atoms with Crippen LogP contribution in [0.15, 0.2) is 60.8 Å². The summed E-state index contributed by atoms with van der Waals surface area (Å²) in [6, 6.07) is 18.4. The number of ketones is 1. The van der Waals surface area contributed by atoms with E-state index in [-0.39, 0.29) is 5.78 Å². The summed E-state index contributed by atoms with van der Waals surface area (Å²) in [5.41, 5.74) is 3.41. The van der Waals surface area contributed by atoms with Crippen molar-refractivity contribution in [2.75, 3.05) is 26.2 Å². The summed E-state index contributed by atoms with van der Waals surface area (Å²) in [6.45, 7) is 4.07. The highest BCUT2D eigenvalue weighted by Gasteiger charge is 2.17. The zero-order valence-electron chi connectivity index (χ0n) is 17.6. The van der Waals surface area contributed by atoms with Gasteiger partial charge in [-0.1, -0.05) is 61.0 Å². The van der Waals surface area contributed by atoms with Crippen molar-refractivity contribution in [2.45, 2.75) is 25.7 Å². The number of hydrogen-bond donors (Lipinski definition) is 0. The Hall–Kier alpha value is -2.92. The van der Waals surface area contributed by atoms with Crippen molar-refractivity contribution in [3.8, 4) is 17.1 Å². The number of rotatable bonds is 8. The molecular weight excluding hydrogens is 374 g/mol. The Bertz CT molecular complexity index is 958. The number of ether oxygens (including phenoxy) is 1. The average molecular weight is 404 g/mol. The van der Waals surface area contributed by atoms with Crippen LogP contribution in [0, 0.1) is 0 Å². The van der Waals surface area contributed by atoms with Crippen LogP contribution in [0.5, 0.6) is 6.01 Å². The van der Waals surface area contributed by atoms with E-state index in [4.69, 9.17) is 4.74 Å². The molecule has 0 bridgehead atoms. The highest BCUT2D eigenvalue weighted by atomic mass is 16.5. The van der Waals surface area contributed by atoms with Gasteiger partial charge in [0, 0.05) is 19.2 Å². The molecule has 1 aromatic heterocycles. The Kier molecular flexibility index (Phi) is 6.60. The third kappa shape index (κ3) is 4.79. The lowest BCUT2D eigenvalue weighted by atomic mass is 10.0. The molecule has 0 unspecified atom stereocenters. The molecule has 0 saturated carbocycles. The quantitative estimate of drug-likeness (QED) is 0.408. The van der Waals surface area contributed by atoms with E-state index in [0.717, 1.165) is 24.1 Å². The van der Waals surface area contributed by atoms with Gasteiger partial charge in [-0.05, 0) is 43.5 Å². The average Bonchev–Trinajstić information content (AvgIpc) is 3.18. The van der Waals surface area contributed by atoms with Crippen LogP contribution in [0.25, 0.3) is 11.1 Å². The Morgan fingerprint density at radius 1 is 0.967 bits per heavy atom. The number of imidazole rings is 1. The Morgan fingerprint density at radius 2 is 1.67 bits per heavy atom. The van der Waals surface area contributed by atoms with E-state index in [1.807, 2.05) is 49.5 Å². The van der Waals surface area contributed by atoms with Crippen LogP contribution < -0.4 is 4.74 Å². The van der Waals surface area contributed by atoms with Crippen molar-refractivity contribution in [1.82, 2.24) is 14.5 Å². The molecule has 5 nitrogen and oxygen atoms in total. The van der Waals surface area contributed by atoms with Gasteiger partial charge in [0.1, 0.15) is 5.69 Å². The minimum Gasteiger partial charge on any atom is -0.465 e. The van der Waals surface area contributed by atoms with Crippen molar-refractivity contribution < 1.29 is 9.53 Å². The summed E-state index contributed by atoms with van der Waals surface area (Å²) in [5, 5.41) is 0. The second-order valence-electron chi connectivity index (χ2n) is 7.86. The van der Waals surface area contributed by atoms with Gasteiger partial charge < -0.3 is 9.64 Å². The van der Waals surface area contributed by atoms with E-state index in [1.165, 1.54) is 32.4 Å². The third-order valence-corrected chi connectivity index (χ3v) is 5.73. The zero-order chi connectivity index (χ0) is 20.8. The van der Waals surface area contributed by atoms with Crippen LogP contribution in [0.1, 0.15) is 41.7 Å². The zero-order valence-corrected chi connectivity index (χ0v) is 17.6. The number of aromatic nitrogens is 2. The van der Waals surface area contributed by atoms with E-state index in [2.05, 4.69) is 22.0 Å². The highest BCUT2D eigenvalue weighted by Crippen LogP contribution is 2.21. The number of likely N-dealkylation sites (tertiary alicyclic amines) is 1. The van der Waals surface area contributed by atoms with E-state index < -0.39 is 0 Å². The highest BCUT2D eigenvalue weighted by molar-refractivity contribution is 6.08. The van der Waals surface area contributed by atoms with Crippen molar-refractivity contribution in [1.29, 1.82) is 0 Å². The molecule has 30 heavy (non-hydrogen) atoms. The number of nitrogens with zero attached hydrogens (tertiary/aromatic N) is 3. The molecule has 5 heteroatoms. The number of benzene rings is 2. The predicted molar refractivity (Wildman–Crippen MR) is 119 cm³/mol. The first kappa shape index (κ1) is 20.4. The Balaban J connectivity index is 1.35. The van der Waals surface area contributed by atoms with Gasteiger partial charge in [-0.3, -0.25) is 9.36 Å². The lowest BCUT2D eigenvalue weighted by molar-refractivity contribution is 0.103. The maximum Gasteiger partial charge on any atom is 0.296 e. The normalized spacial score (nSPS) is 14.6. The largest absolute Gasteiger partial charge is 0.465 e. The second kappa shape index (κ2) is 9.72. The van der Waals surface area contributed by atoms with Crippen LogP contribution >= 0.6 is 0 Å². The molecule has 0 N–H and O–H groups in total. The summed E-state index contributed by atoms with van der Waals surface area (Å²) in [5.74, 6) is -0.0484. The molecule has 3 aromatic rings. The Labute approximate surface area is 178 Å². The smallest absolute Gasteiger partial charge is 0.296 e. The van der Waals surface area contributed by atoms with Gasteiger partial charge in [0.2, 0.25) is 5.78 Å². The summed E-state index contributed by atoms with van der Waals surface area (Å²) in [4.78, 5) is 19.8. The summed E-state index contributed by atoms with van der Waals surface area (Å²) < 4.78 is 7.59. The second-order valence-corrected chi connectivity index (χ2v) is 7.86. The monoisotopic (exact) mass is 403 g/mol. The van der Waals surface area contributed by atoms with E-state index >= 15 is 0 Å². The fourth-order valence-electron chi connectivity index (χ4n) is 3.96. The number of carbonyl (C=O) groups is 1. The SMILES string of the molecule is Cn1c(C(=O)c2ccc(-c3ccccc3)cc2)cnc1OCCCN1CCCCC1. The first-order chi connectivity index (χ1) is 14.7. The fourth-order valence-corrected chi connectivity index (χ4v) is 3.96. The van der Waals surface area contributed by atoms with Gasteiger partial charge in [-0.25, -0.2) is 4.98 Å². The molecule has 1 aliphatic heterocycles. The van der Waals surface area contributed by atoms with Gasteiger partial charge in [-0.15, -0.1) is 0 Å². The molecule has 1 fully saturated rings. The topological polar surface area (TPSA) is 47.4 Å². The first-order valence-corrected chi connectivity index (χ1v) is 10.8. The first-order valence-electron chi connectivity index (χ1n) is 10.8. The van der Waals surface area contributed by atoms with Crippen molar-refractivity contribution in [3.05, 3.63) is 72.1 Å². The number of piperidine rings is 1. The summed E-state index contributed by atoms with van der Waals surface area (Å²) in [7, 11) is 1.83. The maximum atomic E-state index is 12.9. The minimum absolute atomic E-state index is 0.0484. The van der Waals surface area contributed by atoms with Gasteiger partial charge in [0.25, 0.3) is 6.01 Å². The van der Waals surface area contributed by atoms with Crippen LogP contribution in [0.2, 0.25) is 0 Å². The van der Waals surface area contributed by atoms with E-state index in [9.17, 15) is 4.79 Å². The fraction of sp³-hybridized carbons (Fsp3) is 0.360. The predicted octanol–water partition coefficient (Wildman–Crippen LogP) is 4.57. The van der Waals surface area contributed by atoms with E-state index in [1.54, 1.807) is 10.8 Å². The molecule has 0 atom stereocenters. The molecule has 0 radical (unpaired) electrons. The lowest BCUT2D eigenvalue weighted by Gasteiger charge is -2.26. The maximum absolute atomic E-state index is 12.9. The van der Waals surface area contributed by atoms with Gasteiger partial charge in [0.05, 0.1) is 12.8 Å². The molecule has 0 spiro atoms.